The number of benzene rings is 1. The van der Waals surface area contributed by atoms with Gasteiger partial charge in [0.1, 0.15) is 0 Å². The van der Waals surface area contributed by atoms with Gasteiger partial charge in [-0.3, -0.25) is 4.79 Å². The Kier molecular flexibility index (Phi) is 3.57. The minimum absolute atomic E-state index is 0. The average molecular weight is 221 g/mol. The van der Waals surface area contributed by atoms with Crippen molar-refractivity contribution in [2.45, 2.75) is 5.51 Å². The molecule has 0 aromatic heterocycles. The summed E-state index contributed by atoms with van der Waals surface area (Å²) in [5.74, 6) is -1.07. The number of halogens is 3. The third-order valence-electron chi connectivity index (χ3n) is 1.46. The number of rotatable bonds is 3. The number of hydrogen-bond acceptors (Lipinski definition) is 2. The summed E-state index contributed by atoms with van der Waals surface area (Å²) >= 11 is -0.313. The maximum absolute atomic E-state index is 11.7. The number of hydrogen-bond donors (Lipinski definition) is 0. The van der Waals surface area contributed by atoms with E-state index in [0.29, 0.717) is 5.56 Å². The Morgan fingerprint density at radius 2 is 1.86 bits per heavy atom. The van der Waals surface area contributed by atoms with Crippen molar-refractivity contribution in [2.24, 2.45) is 0 Å². The zero-order valence-electron chi connectivity index (χ0n) is 8.04. The molecule has 0 aliphatic heterocycles. The summed E-state index contributed by atoms with van der Waals surface area (Å²) in [6, 6.07) is 7.93. The summed E-state index contributed by atoms with van der Waals surface area (Å²) < 4.78 is 35.2. The van der Waals surface area contributed by atoms with Gasteiger partial charge >= 0.3 is 6.93 Å². The quantitative estimate of drug-likeness (QED) is 0.729. The largest absolute Gasteiger partial charge is 1.00 e. The van der Waals surface area contributed by atoms with Crippen LogP contribution in [0.25, 0.3) is 0 Å². The molecule has 1 rings (SSSR count). The molecule has 5 heteroatoms. The van der Waals surface area contributed by atoms with Crippen LogP contribution in [0.4, 0.5) is 13.2 Å². The van der Waals surface area contributed by atoms with Gasteiger partial charge in [0.05, 0.1) is 5.75 Å². The van der Waals surface area contributed by atoms with Gasteiger partial charge in [-0.25, -0.2) is 0 Å². The molecule has 0 fully saturated rings. The molecule has 1 nitrogen and oxygen atoms in total. The van der Waals surface area contributed by atoms with Gasteiger partial charge < -0.3 is 0 Å². The first-order valence-corrected chi connectivity index (χ1v) is 4.76. The molecule has 1 aromatic rings. The molecule has 0 heterocycles. The van der Waals surface area contributed by atoms with Crippen LogP contribution in [0, 0.1) is 0 Å². The lowest BCUT2D eigenvalue weighted by Crippen LogP contribution is -2.08. The van der Waals surface area contributed by atoms with Crippen LogP contribution in [0.5, 0.6) is 0 Å². The predicted molar refractivity (Wildman–Crippen MR) is 50.4 cm³/mol. The molecule has 0 amide bonds. The molecule has 14 heavy (non-hydrogen) atoms. The first-order chi connectivity index (χ1) is 6.49. The summed E-state index contributed by atoms with van der Waals surface area (Å²) in [6.45, 7) is 0. The second-order valence-electron chi connectivity index (χ2n) is 2.52. The van der Waals surface area contributed by atoms with E-state index in [4.69, 9.17) is 0 Å². The number of ketones is 1. The van der Waals surface area contributed by atoms with Gasteiger partial charge in [-0.2, -0.15) is 13.2 Å². The van der Waals surface area contributed by atoms with Crippen LogP contribution in [0.1, 0.15) is 11.8 Å². The first kappa shape index (κ1) is 11.1. The van der Waals surface area contributed by atoms with E-state index in [1.54, 1.807) is 18.2 Å². The number of carbonyl (C=O) groups is 1. The Morgan fingerprint density at radius 1 is 1.29 bits per heavy atom. The van der Waals surface area contributed by atoms with E-state index in [1.165, 1.54) is 12.1 Å². The molecule has 0 radical (unpaired) electrons. The van der Waals surface area contributed by atoms with Gasteiger partial charge in [-0.05, 0) is 11.8 Å². The lowest BCUT2D eigenvalue weighted by Gasteiger charge is -2.04. The lowest BCUT2D eigenvalue weighted by atomic mass is 10.2. The van der Waals surface area contributed by atoms with Crippen molar-refractivity contribution in [1.82, 2.24) is 0 Å². The van der Waals surface area contributed by atoms with E-state index in [1.807, 2.05) is 0 Å². The first-order valence-electron chi connectivity index (χ1n) is 3.78. The highest BCUT2D eigenvalue weighted by atomic mass is 32.2. The molecule has 1 aromatic carbocycles. The van der Waals surface area contributed by atoms with E-state index in [9.17, 15) is 18.0 Å². The predicted octanol–water partition coefficient (Wildman–Crippen LogP) is 3.23. The zero-order chi connectivity index (χ0) is 10.6. The summed E-state index contributed by atoms with van der Waals surface area (Å²) in [5.41, 5.74) is -4.03. The van der Waals surface area contributed by atoms with Crippen molar-refractivity contribution >= 4 is 17.5 Å². The highest BCUT2D eigenvalue weighted by molar-refractivity contribution is 8.00. The molecule has 0 saturated carbocycles. The van der Waals surface area contributed by atoms with Crippen molar-refractivity contribution in [3.05, 3.63) is 35.9 Å². The van der Waals surface area contributed by atoms with Crippen molar-refractivity contribution in [3.63, 3.8) is 0 Å². The van der Waals surface area contributed by atoms with E-state index in [2.05, 4.69) is 0 Å². The summed E-state index contributed by atoms with van der Waals surface area (Å²) in [5, 5.41) is 0. The Labute approximate surface area is 84.8 Å². The molecule has 0 bridgehead atoms. The summed E-state index contributed by atoms with van der Waals surface area (Å²) in [6.07, 6.45) is 0. The molecule has 76 valence electrons. The Bertz CT molecular complexity index is 313. The molecular formula is C9H8F3OS+. The van der Waals surface area contributed by atoms with Crippen LogP contribution in [-0.2, 0) is 0 Å². The lowest BCUT2D eigenvalue weighted by molar-refractivity contribution is -0.0327. The van der Waals surface area contributed by atoms with Crippen molar-refractivity contribution in [1.29, 1.82) is 0 Å². The van der Waals surface area contributed by atoms with E-state index in [-0.39, 0.29) is 13.2 Å². The molecule has 0 unspecified atom stereocenters. The Hall–Kier alpha value is -0.970. The SMILES string of the molecule is O=C(CSC(F)(F)F)c1ccccc1.[H+]. The normalized spacial score (nSPS) is 11.4. The third kappa shape index (κ3) is 3.83. The van der Waals surface area contributed by atoms with Crippen LogP contribution in [0.3, 0.4) is 0 Å². The molecule has 0 aliphatic carbocycles. The average Bonchev–Trinajstić information content (AvgIpc) is 2.14. The van der Waals surface area contributed by atoms with Crippen LogP contribution in [-0.4, -0.2) is 17.0 Å². The fourth-order valence-corrected chi connectivity index (χ4v) is 1.32. The standard InChI is InChI=1S/C9H7F3OS/c10-9(11,12)14-6-8(13)7-4-2-1-3-5-7/h1-5H,6H2/p+1. The number of Topliss-reactive ketones (excluding diaryl/α,β-unsaturated/α-hetero) is 1. The number of carbonyl (C=O) groups excluding carboxylic acids is 1. The van der Waals surface area contributed by atoms with Crippen LogP contribution in [0.2, 0.25) is 0 Å². The minimum Gasteiger partial charge on any atom is -0.293 e. The van der Waals surface area contributed by atoms with Gasteiger partial charge in [0, 0.05) is 5.56 Å². The van der Waals surface area contributed by atoms with E-state index >= 15 is 0 Å². The maximum atomic E-state index is 11.7. The summed E-state index contributed by atoms with van der Waals surface area (Å²) in [7, 11) is 0. The number of thioether (sulfide) groups is 1. The van der Waals surface area contributed by atoms with E-state index in [0.717, 1.165) is 0 Å². The second kappa shape index (κ2) is 4.50. The fraction of sp³-hybridized carbons (Fsp3) is 0.222. The van der Waals surface area contributed by atoms with Crippen LogP contribution < -0.4 is 0 Å². The van der Waals surface area contributed by atoms with Gasteiger partial charge in [0.2, 0.25) is 0 Å². The smallest absolute Gasteiger partial charge is 0.293 e. The highest BCUT2D eigenvalue weighted by Crippen LogP contribution is 2.30. The molecule has 0 atom stereocenters. The van der Waals surface area contributed by atoms with Crippen LogP contribution >= 0.6 is 11.8 Å². The zero-order valence-corrected chi connectivity index (χ0v) is 7.86. The van der Waals surface area contributed by atoms with Gasteiger partial charge in [0.25, 0.3) is 0 Å². The van der Waals surface area contributed by atoms with Gasteiger partial charge in [0.15, 0.2) is 5.78 Å². The molecule has 0 N–H and O–H groups in total. The maximum Gasteiger partial charge on any atom is 1.00 e. The number of alkyl halides is 3. The fourth-order valence-electron chi connectivity index (χ4n) is 0.855. The summed E-state index contributed by atoms with van der Waals surface area (Å²) in [4.78, 5) is 11.2. The Balaban J connectivity index is 0.00000196. The monoisotopic (exact) mass is 221 g/mol. The van der Waals surface area contributed by atoms with Gasteiger partial charge in [-0.15, -0.1) is 0 Å². The van der Waals surface area contributed by atoms with Crippen molar-refractivity contribution < 1.29 is 19.4 Å². The van der Waals surface area contributed by atoms with Crippen LogP contribution in [0.15, 0.2) is 30.3 Å². The molecule has 0 saturated heterocycles. The highest BCUT2D eigenvalue weighted by Gasteiger charge is 2.29. The van der Waals surface area contributed by atoms with Gasteiger partial charge in [-0.1, -0.05) is 30.3 Å². The topological polar surface area (TPSA) is 17.1 Å². The van der Waals surface area contributed by atoms with Crippen molar-refractivity contribution in [3.8, 4) is 0 Å². The second-order valence-corrected chi connectivity index (χ2v) is 3.56. The minimum atomic E-state index is -4.34. The van der Waals surface area contributed by atoms with Crippen molar-refractivity contribution in [2.75, 3.05) is 5.75 Å². The Morgan fingerprint density at radius 3 is 2.36 bits per heavy atom. The third-order valence-corrected chi connectivity index (χ3v) is 2.20. The molecule has 0 spiro atoms. The molecule has 0 aliphatic rings. The molecular weight excluding hydrogens is 213 g/mol. The van der Waals surface area contributed by atoms with E-state index < -0.39 is 17.0 Å².